The van der Waals surface area contributed by atoms with Gasteiger partial charge in [-0.1, -0.05) is 108 Å². The van der Waals surface area contributed by atoms with Gasteiger partial charge in [-0.25, -0.2) is 4.57 Å². The molecule has 31 heavy (non-hydrogen) atoms. The highest BCUT2D eigenvalue weighted by Crippen LogP contribution is 2.35. The number of hydrogen-bond acceptors (Lipinski definition) is 4. The van der Waals surface area contributed by atoms with E-state index >= 15 is 0 Å². The first-order valence-electron chi connectivity index (χ1n) is 11.9. The molecule has 0 heterocycles. The van der Waals surface area contributed by atoms with E-state index in [0.29, 0.717) is 13.2 Å². The Labute approximate surface area is 188 Å². The summed E-state index contributed by atoms with van der Waals surface area (Å²) >= 11 is 0. The lowest BCUT2D eigenvalue weighted by Gasteiger charge is -2.18. The Morgan fingerprint density at radius 2 is 1.35 bits per heavy atom. The molecule has 180 valence electrons. The molecule has 6 nitrogen and oxygen atoms in total. The molecule has 0 radical (unpaired) electrons. The van der Waals surface area contributed by atoms with Crippen molar-refractivity contribution >= 4 is 7.82 Å². The second-order valence-electron chi connectivity index (χ2n) is 8.17. The van der Waals surface area contributed by atoms with E-state index in [-0.39, 0.29) is 13.2 Å². The highest BCUT2D eigenvalue weighted by atomic mass is 31.2. The maximum absolute atomic E-state index is 11.0. The maximum Gasteiger partial charge on any atom is 0.469 e. The molecule has 0 aliphatic carbocycles. The normalized spacial score (nSPS) is 12.9. The third-order valence-electron chi connectivity index (χ3n) is 5.20. The third kappa shape index (κ3) is 18.5. The Balaban J connectivity index is 2.08. The molecule has 1 aromatic carbocycles. The van der Waals surface area contributed by atoms with Crippen molar-refractivity contribution in [1.82, 2.24) is 0 Å². The van der Waals surface area contributed by atoms with Crippen molar-refractivity contribution in [2.24, 2.45) is 0 Å². The zero-order chi connectivity index (χ0) is 22.6. The van der Waals surface area contributed by atoms with Crippen LogP contribution in [-0.2, 0) is 25.2 Å². The standard InChI is InChI=1S/C24H43O6P/c1-2-3-4-5-6-7-8-9-10-11-12-16-19-29-24(22-30-31(25,26)27)21-28-20-23-17-14-13-15-18-23/h13-15,17-18,24H,2-12,16,19-22H2,1H3,(H2,25,26,27)/t24-/m1/s1. The van der Waals surface area contributed by atoms with Gasteiger partial charge in [0.2, 0.25) is 0 Å². The molecule has 1 aromatic rings. The molecule has 0 aromatic heterocycles. The van der Waals surface area contributed by atoms with Gasteiger partial charge in [0.1, 0.15) is 6.10 Å². The number of hydrogen-bond donors (Lipinski definition) is 2. The quantitative estimate of drug-likeness (QED) is 0.164. The second-order valence-corrected chi connectivity index (χ2v) is 9.41. The average Bonchev–Trinajstić information content (AvgIpc) is 2.75. The number of ether oxygens (including phenoxy) is 2. The van der Waals surface area contributed by atoms with Crippen molar-refractivity contribution in [1.29, 1.82) is 0 Å². The molecule has 0 aliphatic rings. The Kier molecular flexibility index (Phi) is 17.1. The summed E-state index contributed by atoms with van der Waals surface area (Å²) in [5.41, 5.74) is 1.04. The second kappa shape index (κ2) is 18.8. The van der Waals surface area contributed by atoms with E-state index in [2.05, 4.69) is 11.4 Å². The summed E-state index contributed by atoms with van der Waals surface area (Å²) in [6, 6.07) is 9.76. The molecule has 7 heteroatoms. The fourth-order valence-electron chi connectivity index (χ4n) is 3.40. The Hall–Kier alpha value is -0.750. The van der Waals surface area contributed by atoms with E-state index < -0.39 is 13.9 Å². The number of unbranched alkanes of at least 4 members (excludes halogenated alkanes) is 11. The highest BCUT2D eigenvalue weighted by molar-refractivity contribution is 7.46. The first-order chi connectivity index (χ1) is 15.0. The summed E-state index contributed by atoms with van der Waals surface area (Å²) in [6.45, 7) is 3.27. The largest absolute Gasteiger partial charge is 0.469 e. The van der Waals surface area contributed by atoms with Crippen molar-refractivity contribution in [3.05, 3.63) is 35.9 Å². The van der Waals surface area contributed by atoms with Gasteiger partial charge >= 0.3 is 7.82 Å². The first-order valence-corrected chi connectivity index (χ1v) is 13.5. The summed E-state index contributed by atoms with van der Waals surface area (Å²) in [5.74, 6) is 0. The molecule has 1 atom stereocenters. The fourth-order valence-corrected chi connectivity index (χ4v) is 3.76. The van der Waals surface area contributed by atoms with E-state index in [4.69, 9.17) is 19.3 Å². The van der Waals surface area contributed by atoms with Gasteiger partial charge in [-0.2, -0.15) is 0 Å². The first kappa shape index (κ1) is 28.3. The van der Waals surface area contributed by atoms with Crippen LogP contribution in [0.1, 0.15) is 89.5 Å². The number of phosphoric ester groups is 1. The van der Waals surface area contributed by atoms with E-state index in [9.17, 15) is 4.57 Å². The smallest absolute Gasteiger partial charge is 0.374 e. The lowest BCUT2D eigenvalue weighted by molar-refractivity contribution is -0.0464. The lowest BCUT2D eigenvalue weighted by Crippen LogP contribution is -2.25. The summed E-state index contributed by atoms with van der Waals surface area (Å²) < 4.78 is 27.0. The fraction of sp³-hybridized carbons (Fsp3) is 0.750. The molecular formula is C24H43O6P. The number of phosphoric acid groups is 1. The summed E-state index contributed by atoms with van der Waals surface area (Å²) in [6.07, 6.45) is 14.8. The molecule has 0 amide bonds. The van der Waals surface area contributed by atoms with Gasteiger partial charge in [-0.15, -0.1) is 0 Å². The van der Waals surface area contributed by atoms with Gasteiger partial charge in [0.05, 0.1) is 19.8 Å². The molecule has 0 spiro atoms. The predicted octanol–water partition coefficient (Wildman–Crippen LogP) is 6.40. The van der Waals surface area contributed by atoms with Gasteiger partial charge in [0.15, 0.2) is 0 Å². The lowest BCUT2D eigenvalue weighted by atomic mass is 10.1. The van der Waals surface area contributed by atoms with Crippen LogP contribution in [0.25, 0.3) is 0 Å². The zero-order valence-corrected chi connectivity index (χ0v) is 20.1. The Morgan fingerprint density at radius 3 is 1.90 bits per heavy atom. The van der Waals surface area contributed by atoms with E-state index in [1.54, 1.807) is 0 Å². The van der Waals surface area contributed by atoms with E-state index in [1.807, 2.05) is 30.3 Å². The SMILES string of the molecule is CCCCCCCCCCCCCCO[C@H](COCc1ccccc1)COP(=O)(O)O. The van der Waals surface area contributed by atoms with Crippen LogP contribution in [0.2, 0.25) is 0 Å². The van der Waals surface area contributed by atoms with Gasteiger partial charge in [-0.05, 0) is 12.0 Å². The minimum Gasteiger partial charge on any atom is -0.374 e. The van der Waals surface area contributed by atoms with Crippen molar-refractivity contribution < 1.29 is 28.3 Å². The number of rotatable bonds is 21. The zero-order valence-electron chi connectivity index (χ0n) is 19.3. The molecule has 0 bridgehead atoms. The molecular weight excluding hydrogens is 415 g/mol. The third-order valence-corrected chi connectivity index (χ3v) is 5.68. The van der Waals surface area contributed by atoms with Crippen molar-refractivity contribution in [2.75, 3.05) is 19.8 Å². The molecule has 0 saturated heterocycles. The Bertz CT molecular complexity index is 562. The maximum atomic E-state index is 11.0. The van der Waals surface area contributed by atoms with Crippen LogP contribution < -0.4 is 0 Å². The van der Waals surface area contributed by atoms with Crippen molar-refractivity contribution in [3.8, 4) is 0 Å². The van der Waals surface area contributed by atoms with Gasteiger partial charge in [0, 0.05) is 6.61 Å². The van der Waals surface area contributed by atoms with Gasteiger partial charge in [-0.3, -0.25) is 4.52 Å². The average molecular weight is 459 g/mol. The minimum atomic E-state index is -4.52. The monoisotopic (exact) mass is 458 g/mol. The van der Waals surface area contributed by atoms with Crippen LogP contribution in [0.5, 0.6) is 0 Å². The van der Waals surface area contributed by atoms with Crippen LogP contribution >= 0.6 is 7.82 Å². The topological polar surface area (TPSA) is 85.2 Å². The number of benzene rings is 1. The summed E-state index contributed by atoms with van der Waals surface area (Å²) in [7, 11) is -4.52. The van der Waals surface area contributed by atoms with Crippen molar-refractivity contribution in [2.45, 2.75) is 96.7 Å². The minimum absolute atomic E-state index is 0.183. The van der Waals surface area contributed by atoms with Crippen LogP contribution in [0, 0.1) is 0 Å². The molecule has 1 rings (SSSR count). The molecule has 0 saturated carbocycles. The highest BCUT2D eigenvalue weighted by Gasteiger charge is 2.19. The van der Waals surface area contributed by atoms with Gasteiger partial charge < -0.3 is 19.3 Å². The van der Waals surface area contributed by atoms with Gasteiger partial charge in [0.25, 0.3) is 0 Å². The predicted molar refractivity (Wildman–Crippen MR) is 125 cm³/mol. The van der Waals surface area contributed by atoms with Crippen molar-refractivity contribution in [3.63, 3.8) is 0 Å². The molecule has 0 aliphatic heterocycles. The Morgan fingerprint density at radius 1 is 0.806 bits per heavy atom. The van der Waals surface area contributed by atoms with Crippen LogP contribution in [0.15, 0.2) is 30.3 Å². The van der Waals surface area contributed by atoms with Crippen LogP contribution in [0.3, 0.4) is 0 Å². The molecule has 0 unspecified atom stereocenters. The van der Waals surface area contributed by atoms with Crippen LogP contribution in [-0.4, -0.2) is 35.7 Å². The van der Waals surface area contributed by atoms with E-state index in [0.717, 1.165) is 18.4 Å². The van der Waals surface area contributed by atoms with Crippen LogP contribution in [0.4, 0.5) is 0 Å². The summed E-state index contributed by atoms with van der Waals surface area (Å²) in [4.78, 5) is 17.9. The summed E-state index contributed by atoms with van der Waals surface area (Å²) in [5, 5.41) is 0. The van der Waals surface area contributed by atoms with E-state index in [1.165, 1.54) is 64.2 Å². The molecule has 0 fully saturated rings. The molecule has 2 N–H and O–H groups in total.